The number of imide groups is 1. The largest absolute Gasteiger partial charge is 0.497 e. The number of carbonyl (C=O) groups is 2. The standard InChI is InChI=1S/C28H28N8O4/c1-39-22-12-8-19(9-13-22)16-29-26-30-18-31-27(34-26)36(32-17-20-10-14-23(40-2)15-11-20)24-25(37)35(28(38)33-24)21-6-4-3-5-7-21/h3-15,18,24,32H,16-17H2,1-2H3,(H,33,38)(H,29,30,31,34). The fourth-order valence-electron chi connectivity index (χ4n) is 4.07. The smallest absolute Gasteiger partial charge is 0.330 e. The SMILES string of the molecule is COc1ccc(CNc2ncnc(N(NCc3ccc(OC)cc3)C3NC(=O)N(c4ccccc4)C3=O)n2)cc1. The summed E-state index contributed by atoms with van der Waals surface area (Å²) in [5.41, 5.74) is 5.57. The van der Waals surface area contributed by atoms with Gasteiger partial charge in [-0.15, -0.1) is 0 Å². The molecule has 0 saturated carbocycles. The maximum absolute atomic E-state index is 13.5. The highest BCUT2D eigenvalue weighted by molar-refractivity contribution is 6.22. The second-order valence-corrected chi connectivity index (χ2v) is 8.72. The Morgan fingerprint density at radius 1 is 0.850 bits per heavy atom. The normalized spacial score (nSPS) is 14.6. The highest BCUT2D eigenvalue weighted by Gasteiger charge is 2.43. The third-order valence-corrected chi connectivity index (χ3v) is 6.19. The number of hydrazine groups is 1. The van der Waals surface area contributed by atoms with Gasteiger partial charge in [0.25, 0.3) is 5.91 Å². The molecule has 1 unspecified atom stereocenters. The zero-order valence-corrected chi connectivity index (χ0v) is 21.9. The Morgan fingerprint density at radius 3 is 2.10 bits per heavy atom. The molecule has 1 atom stereocenters. The van der Waals surface area contributed by atoms with Crippen LogP contribution in [0.25, 0.3) is 0 Å². The molecule has 1 aliphatic heterocycles. The number of benzene rings is 3. The summed E-state index contributed by atoms with van der Waals surface area (Å²) in [7, 11) is 3.22. The number of para-hydroxylation sites is 1. The van der Waals surface area contributed by atoms with Gasteiger partial charge in [0.05, 0.1) is 19.9 Å². The average molecular weight is 541 g/mol. The second kappa shape index (κ2) is 12.1. The highest BCUT2D eigenvalue weighted by atomic mass is 16.5. The van der Waals surface area contributed by atoms with Crippen molar-refractivity contribution in [2.24, 2.45) is 0 Å². The summed E-state index contributed by atoms with van der Waals surface area (Å²) < 4.78 is 10.4. The van der Waals surface area contributed by atoms with E-state index < -0.39 is 18.1 Å². The molecule has 3 amide bonds. The first kappa shape index (κ1) is 26.4. The maximum atomic E-state index is 13.5. The minimum Gasteiger partial charge on any atom is -0.497 e. The lowest BCUT2D eigenvalue weighted by Crippen LogP contribution is -2.54. The van der Waals surface area contributed by atoms with Gasteiger partial charge < -0.3 is 20.1 Å². The molecule has 12 heteroatoms. The lowest BCUT2D eigenvalue weighted by molar-refractivity contribution is -0.118. The molecule has 5 rings (SSSR count). The van der Waals surface area contributed by atoms with Gasteiger partial charge in [-0.05, 0) is 47.5 Å². The molecule has 0 spiro atoms. The van der Waals surface area contributed by atoms with E-state index in [1.165, 1.54) is 11.3 Å². The van der Waals surface area contributed by atoms with E-state index in [1.54, 1.807) is 38.5 Å². The van der Waals surface area contributed by atoms with E-state index in [-0.39, 0.29) is 5.95 Å². The molecule has 0 bridgehead atoms. The van der Waals surface area contributed by atoms with Crippen LogP contribution in [0.2, 0.25) is 0 Å². The predicted molar refractivity (Wildman–Crippen MR) is 149 cm³/mol. The van der Waals surface area contributed by atoms with Crippen molar-refractivity contribution >= 4 is 29.5 Å². The number of ether oxygens (including phenoxy) is 2. The van der Waals surface area contributed by atoms with Crippen LogP contribution in [0.15, 0.2) is 85.2 Å². The molecule has 1 aliphatic rings. The molecular weight excluding hydrogens is 512 g/mol. The number of amides is 3. The first-order chi connectivity index (χ1) is 19.6. The highest BCUT2D eigenvalue weighted by Crippen LogP contribution is 2.22. The number of carbonyl (C=O) groups excluding carboxylic acids is 2. The van der Waals surface area contributed by atoms with E-state index >= 15 is 0 Å². The molecule has 2 heterocycles. The number of hydrogen-bond acceptors (Lipinski definition) is 10. The molecule has 1 fully saturated rings. The van der Waals surface area contributed by atoms with E-state index in [4.69, 9.17) is 9.47 Å². The summed E-state index contributed by atoms with van der Waals surface area (Å²) in [6.07, 6.45) is 0.236. The topological polar surface area (TPSA) is 134 Å². The predicted octanol–water partition coefficient (Wildman–Crippen LogP) is 3.09. The lowest BCUT2D eigenvalue weighted by atomic mass is 10.2. The van der Waals surface area contributed by atoms with Crippen molar-refractivity contribution in [3.63, 3.8) is 0 Å². The maximum Gasteiger partial charge on any atom is 0.330 e. The molecule has 3 aromatic carbocycles. The van der Waals surface area contributed by atoms with Gasteiger partial charge in [0.2, 0.25) is 18.1 Å². The summed E-state index contributed by atoms with van der Waals surface area (Å²) in [4.78, 5) is 40.6. The number of hydrogen-bond donors (Lipinski definition) is 3. The molecule has 0 radical (unpaired) electrons. The van der Waals surface area contributed by atoms with Crippen molar-refractivity contribution in [2.45, 2.75) is 19.3 Å². The van der Waals surface area contributed by atoms with Gasteiger partial charge in [0.15, 0.2) is 0 Å². The molecule has 12 nitrogen and oxygen atoms in total. The van der Waals surface area contributed by atoms with Crippen molar-refractivity contribution in [2.75, 3.05) is 29.4 Å². The number of anilines is 3. The van der Waals surface area contributed by atoms with E-state index in [2.05, 4.69) is 31.0 Å². The minimum absolute atomic E-state index is 0.148. The van der Waals surface area contributed by atoms with Gasteiger partial charge >= 0.3 is 6.03 Å². The lowest BCUT2D eigenvalue weighted by Gasteiger charge is -2.27. The quantitative estimate of drug-likeness (QED) is 0.192. The van der Waals surface area contributed by atoms with Crippen molar-refractivity contribution in [1.82, 2.24) is 25.7 Å². The Balaban J connectivity index is 1.39. The Morgan fingerprint density at radius 2 is 1.48 bits per heavy atom. The van der Waals surface area contributed by atoms with Gasteiger partial charge in [-0.1, -0.05) is 42.5 Å². The van der Waals surface area contributed by atoms with Gasteiger partial charge in [0, 0.05) is 13.1 Å². The zero-order chi connectivity index (χ0) is 27.9. The summed E-state index contributed by atoms with van der Waals surface area (Å²) in [6.45, 7) is 0.767. The number of rotatable bonds is 11. The Labute approximate surface area is 230 Å². The van der Waals surface area contributed by atoms with Crippen LogP contribution in [0.4, 0.5) is 22.4 Å². The minimum atomic E-state index is -1.11. The van der Waals surface area contributed by atoms with Gasteiger partial charge in [-0.2, -0.15) is 9.97 Å². The summed E-state index contributed by atoms with van der Waals surface area (Å²) in [6, 6.07) is 23.2. The van der Waals surface area contributed by atoms with E-state index in [9.17, 15) is 9.59 Å². The monoisotopic (exact) mass is 540 g/mol. The second-order valence-electron chi connectivity index (χ2n) is 8.72. The van der Waals surface area contributed by atoms with Crippen LogP contribution in [-0.2, 0) is 17.9 Å². The van der Waals surface area contributed by atoms with Crippen LogP contribution in [0.1, 0.15) is 11.1 Å². The van der Waals surface area contributed by atoms with E-state index in [1.807, 2.05) is 54.6 Å². The Bertz CT molecular complexity index is 1450. The summed E-state index contributed by atoms with van der Waals surface area (Å²) in [5, 5.41) is 7.35. The number of methoxy groups -OCH3 is 2. The Hall–Kier alpha value is -5.23. The zero-order valence-electron chi connectivity index (χ0n) is 21.9. The van der Waals surface area contributed by atoms with Crippen molar-refractivity contribution in [3.8, 4) is 11.5 Å². The van der Waals surface area contributed by atoms with Gasteiger partial charge in [-0.25, -0.2) is 25.1 Å². The fourth-order valence-corrected chi connectivity index (χ4v) is 4.07. The van der Waals surface area contributed by atoms with Crippen molar-refractivity contribution in [1.29, 1.82) is 0 Å². The van der Waals surface area contributed by atoms with Crippen LogP contribution in [0, 0.1) is 0 Å². The molecule has 0 aliphatic carbocycles. The van der Waals surface area contributed by atoms with Crippen LogP contribution in [0.5, 0.6) is 11.5 Å². The first-order valence-electron chi connectivity index (χ1n) is 12.5. The molecule has 3 N–H and O–H groups in total. The van der Waals surface area contributed by atoms with E-state index in [0.717, 1.165) is 27.5 Å². The van der Waals surface area contributed by atoms with E-state index in [0.29, 0.717) is 24.7 Å². The summed E-state index contributed by atoms with van der Waals surface area (Å²) in [5.74, 6) is 1.45. The molecule has 1 saturated heterocycles. The Kier molecular flexibility index (Phi) is 7.97. The van der Waals surface area contributed by atoms with Crippen molar-refractivity contribution in [3.05, 3.63) is 96.3 Å². The fraction of sp³-hybridized carbons (Fsp3) is 0.179. The number of nitrogens with zero attached hydrogens (tertiary/aromatic N) is 5. The third kappa shape index (κ3) is 5.92. The number of nitrogens with one attached hydrogen (secondary N) is 3. The van der Waals surface area contributed by atoms with Crippen LogP contribution in [0.3, 0.4) is 0 Å². The van der Waals surface area contributed by atoms with Crippen LogP contribution in [-0.4, -0.2) is 47.3 Å². The van der Waals surface area contributed by atoms with Gasteiger partial charge in [0.1, 0.15) is 17.8 Å². The van der Waals surface area contributed by atoms with Crippen LogP contribution < -0.4 is 35.4 Å². The average Bonchev–Trinajstić information content (AvgIpc) is 3.30. The molecule has 40 heavy (non-hydrogen) atoms. The molecule has 1 aromatic heterocycles. The third-order valence-electron chi connectivity index (χ3n) is 6.19. The molecule has 4 aromatic rings. The molecule has 204 valence electrons. The first-order valence-corrected chi connectivity index (χ1v) is 12.5. The van der Waals surface area contributed by atoms with Gasteiger partial charge in [-0.3, -0.25) is 4.79 Å². The number of urea groups is 1. The van der Waals surface area contributed by atoms with Crippen LogP contribution >= 0.6 is 0 Å². The molecular formula is C28H28N8O4. The summed E-state index contributed by atoms with van der Waals surface area (Å²) >= 11 is 0. The number of aromatic nitrogens is 3. The van der Waals surface area contributed by atoms with Crippen molar-refractivity contribution < 1.29 is 19.1 Å².